The third kappa shape index (κ3) is 4.58. The lowest BCUT2D eigenvalue weighted by molar-refractivity contribution is 0.0602. The number of benzene rings is 1. The Morgan fingerprint density at radius 2 is 1.96 bits per heavy atom. The van der Waals surface area contributed by atoms with Gasteiger partial charge in [0.05, 0.1) is 12.7 Å². The first-order valence-electron chi connectivity index (χ1n) is 8.48. The molecule has 0 radical (unpaired) electrons. The maximum absolute atomic E-state index is 12.1. The van der Waals surface area contributed by atoms with E-state index >= 15 is 0 Å². The number of nitrogens with one attached hydrogen (secondary N) is 1. The van der Waals surface area contributed by atoms with E-state index in [1.807, 2.05) is 24.3 Å². The minimum Gasteiger partial charge on any atom is -0.465 e. The van der Waals surface area contributed by atoms with Gasteiger partial charge in [-0.1, -0.05) is 30.3 Å². The fraction of sp³-hybridized carbons (Fsp3) is 0.368. The van der Waals surface area contributed by atoms with Crippen LogP contribution in [0.25, 0.3) is 0 Å². The number of anilines is 1. The van der Waals surface area contributed by atoms with Crippen molar-refractivity contribution < 1.29 is 9.53 Å². The van der Waals surface area contributed by atoms with Crippen LogP contribution in [-0.4, -0.2) is 36.2 Å². The zero-order valence-electron chi connectivity index (χ0n) is 14.3. The molecule has 0 bridgehead atoms. The number of methoxy groups -OCH3 is 1. The van der Waals surface area contributed by atoms with Crippen LogP contribution in [-0.2, 0) is 11.2 Å². The lowest BCUT2D eigenvalue weighted by Gasteiger charge is -2.29. The van der Waals surface area contributed by atoms with Crippen molar-refractivity contribution in [1.82, 2.24) is 4.90 Å². The van der Waals surface area contributed by atoms with E-state index in [1.165, 1.54) is 19.1 Å². The van der Waals surface area contributed by atoms with Crippen LogP contribution in [0.1, 0.15) is 40.1 Å². The molecule has 0 amide bonds. The zero-order valence-corrected chi connectivity index (χ0v) is 15.9. The van der Waals surface area contributed by atoms with Crippen LogP contribution in [0.2, 0.25) is 0 Å². The van der Waals surface area contributed by atoms with Gasteiger partial charge in [-0.25, -0.2) is 4.79 Å². The summed E-state index contributed by atoms with van der Waals surface area (Å²) < 4.78 is 4.94. The molecule has 1 aliphatic rings. The highest BCUT2D eigenvalue weighted by atomic mass is 32.1. The highest BCUT2D eigenvalue weighted by molar-refractivity contribution is 7.80. The second kappa shape index (κ2) is 8.45. The maximum Gasteiger partial charge on any atom is 0.340 e. The number of hydrogen-bond donors (Lipinski definition) is 1. The molecule has 1 aromatic carbocycles. The molecule has 4 nitrogen and oxygen atoms in total. The Morgan fingerprint density at radius 3 is 2.64 bits per heavy atom. The summed E-state index contributed by atoms with van der Waals surface area (Å²) in [6, 6.07) is 12.1. The average Bonchev–Trinajstić information content (AvgIpc) is 3.04. The van der Waals surface area contributed by atoms with E-state index < -0.39 is 0 Å². The standard InChI is InChI=1S/C19H22N2O2S2/c1-23-18(22)16-13-15(12-14-8-4-2-5-9-14)25-17(16)20-19(24)21-10-6-3-7-11-21/h2,4-5,8-9,13H,3,6-7,10-12H2,1H3,(H,20,24). The Balaban J connectivity index is 1.78. The van der Waals surface area contributed by atoms with Gasteiger partial charge >= 0.3 is 5.97 Å². The number of likely N-dealkylation sites (tertiary alicyclic amines) is 1. The number of nitrogens with zero attached hydrogens (tertiary/aromatic N) is 1. The number of rotatable bonds is 4. The number of thiocarbonyl (C=S) groups is 1. The summed E-state index contributed by atoms with van der Waals surface area (Å²) in [5, 5.41) is 4.74. The van der Waals surface area contributed by atoms with Crippen LogP contribution in [0, 0.1) is 0 Å². The number of hydrogen-bond acceptors (Lipinski definition) is 4. The number of piperidine rings is 1. The first-order valence-corrected chi connectivity index (χ1v) is 9.70. The van der Waals surface area contributed by atoms with Crippen molar-refractivity contribution in [2.75, 3.05) is 25.5 Å². The molecule has 132 valence electrons. The summed E-state index contributed by atoms with van der Waals surface area (Å²) in [6.45, 7) is 1.95. The molecule has 1 saturated heterocycles. The van der Waals surface area contributed by atoms with Crippen LogP contribution < -0.4 is 5.32 Å². The monoisotopic (exact) mass is 374 g/mol. The summed E-state index contributed by atoms with van der Waals surface area (Å²) in [6.07, 6.45) is 4.37. The molecule has 1 fully saturated rings. The Bertz CT molecular complexity index is 737. The fourth-order valence-electron chi connectivity index (χ4n) is 2.95. The quantitative estimate of drug-likeness (QED) is 0.638. The summed E-state index contributed by atoms with van der Waals surface area (Å²) in [4.78, 5) is 15.4. The number of carbonyl (C=O) groups is 1. The van der Waals surface area contributed by atoms with Crippen molar-refractivity contribution in [3.05, 3.63) is 52.4 Å². The third-order valence-electron chi connectivity index (χ3n) is 4.27. The number of carbonyl (C=O) groups excluding carboxylic acids is 1. The number of ether oxygens (including phenoxy) is 1. The zero-order chi connectivity index (χ0) is 17.6. The normalized spacial score (nSPS) is 14.2. The summed E-state index contributed by atoms with van der Waals surface area (Å²) in [5.41, 5.74) is 1.77. The average molecular weight is 375 g/mol. The lowest BCUT2D eigenvalue weighted by atomic mass is 10.1. The first-order chi connectivity index (χ1) is 12.2. The largest absolute Gasteiger partial charge is 0.465 e. The third-order valence-corrected chi connectivity index (χ3v) is 5.68. The Morgan fingerprint density at radius 1 is 1.24 bits per heavy atom. The van der Waals surface area contributed by atoms with Gasteiger partial charge < -0.3 is 15.0 Å². The summed E-state index contributed by atoms with van der Waals surface area (Å²) in [7, 11) is 1.41. The predicted octanol–water partition coefficient (Wildman–Crippen LogP) is 4.31. The van der Waals surface area contributed by atoms with Crippen molar-refractivity contribution in [2.45, 2.75) is 25.7 Å². The molecule has 0 unspecified atom stereocenters. The van der Waals surface area contributed by atoms with Gasteiger partial charge in [0.15, 0.2) is 5.11 Å². The summed E-state index contributed by atoms with van der Waals surface area (Å²) >= 11 is 7.11. The van der Waals surface area contributed by atoms with Crippen LogP contribution in [0.15, 0.2) is 36.4 Å². The Kier molecular flexibility index (Phi) is 6.04. The lowest BCUT2D eigenvalue weighted by Crippen LogP contribution is -2.38. The van der Waals surface area contributed by atoms with Crippen molar-refractivity contribution in [3.63, 3.8) is 0 Å². The van der Waals surface area contributed by atoms with Crippen LogP contribution in [0.4, 0.5) is 5.00 Å². The van der Waals surface area contributed by atoms with Crippen molar-refractivity contribution in [3.8, 4) is 0 Å². The van der Waals surface area contributed by atoms with Gasteiger partial charge in [0.2, 0.25) is 0 Å². The van der Waals surface area contributed by atoms with Crippen LogP contribution in [0.3, 0.4) is 0 Å². The molecule has 0 atom stereocenters. The second-order valence-electron chi connectivity index (χ2n) is 6.09. The van der Waals surface area contributed by atoms with E-state index in [1.54, 1.807) is 11.3 Å². The first kappa shape index (κ1) is 17.9. The molecule has 0 spiro atoms. The molecule has 25 heavy (non-hydrogen) atoms. The highest BCUT2D eigenvalue weighted by Gasteiger charge is 2.20. The predicted molar refractivity (Wildman–Crippen MR) is 107 cm³/mol. The molecule has 1 aromatic heterocycles. The minimum atomic E-state index is -0.334. The maximum atomic E-state index is 12.1. The van der Waals surface area contributed by atoms with E-state index in [-0.39, 0.29) is 5.97 Å². The van der Waals surface area contributed by atoms with Crippen molar-refractivity contribution in [1.29, 1.82) is 0 Å². The molecular weight excluding hydrogens is 352 g/mol. The topological polar surface area (TPSA) is 41.6 Å². The molecule has 1 aliphatic heterocycles. The van der Waals surface area contributed by atoms with Crippen molar-refractivity contribution in [2.24, 2.45) is 0 Å². The van der Waals surface area contributed by atoms with E-state index in [9.17, 15) is 4.79 Å². The Hall–Kier alpha value is -1.92. The van der Waals surface area contributed by atoms with Crippen molar-refractivity contribution >= 4 is 39.6 Å². The van der Waals surface area contributed by atoms with E-state index in [2.05, 4.69) is 22.3 Å². The number of thiophene rings is 1. The fourth-order valence-corrected chi connectivity index (χ4v) is 4.38. The van der Waals surface area contributed by atoms with Crippen LogP contribution in [0.5, 0.6) is 0 Å². The van der Waals surface area contributed by atoms with Gasteiger partial charge in [0.25, 0.3) is 0 Å². The van der Waals surface area contributed by atoms with Gasteiger partial charge in [0, 0.05) is 24.4 Å². The molecule has 1 N–H and O–H groups in total. The Labute approximate surface area is 157 Å². The van der Waals surface area contributed by atoms with Gasteiger partial charge in [-0.2, -0.15) is 0 Å². The SMILES string of the molecule is COC(=O)c1cc(Cc2ccccc2)sc1NC(=S)N1CCCCC1. The minimum absolute atomic E-state index is 0.334. The molecule has 6 heteroatoms. The van der Waals surface area contributed by atoms with Crippen LogP contribution >= 0.6 is 23.6 Å². The number of esters is 1. The van der Waals surface area contributed by atoms with E-state index in [4.69, 9.17) is 17.0 Å². The molecule has 0 aliphatic carbocycles. The van der Waals surface area contributed by atoms with E-state index in [0.717, 1.165) is 42.2 Å². The van der Waals surface area contributed by atoms with Gasteiger partial charge in [-0.05, 0) is 43.1 Å². The summed E-state index contributed by atoms with van der Waals surface area (Å²) in [5.74, 6) is -0.334. The molecule has 0 saturated carbocycles. The van der Waals surface area contributed by atoms with Gasteiger partial charge in [-0.3, -0.25) is 0 Å². The second-order valence-corrected chi connectivity index (χ2v) is 7.61. The molecule has 2 heterocycles. The highest BCUT2D eigenvalue weighted by Crippen LogP contribution is 2.31. The molecule has 3 rings (SSSR count). The molecule has 2 aromatic rings. The van der Waals surface area contributed by atoms with E-state index in [0.29, 0.717) is 10.7 Å². The van der Waals surface area contributed by atoms with Gasteiger partial charge in [-0.15, -0.1) is 11.3 Å². The van der Waals surface area contributed by atoms with Gasteiger partial charge in [0.1, 0.15) is 5.00 Å². The molecular formula is C19H22N2O2S2. The smallest absolute Gasteiger partial charge is 0.340 e.